The molecule has 4 heteroatoms. The Morgan fingerprint density at radius 3 is 2.81 bits per heavy atom. The zero-order valence-electron chi connectivity index (χ0n) is 9.00. The van der Waals surface area contributed by atoms with Crippen LogP contribution in [0.2, 0.25) is 0 Å². The van der Waals surface area contributed by atoms with E-state index in [-0.39, 0.29) is 12.2 Å². The number of hydrogen-bond donors (Lipinski definition) is 0. The second-order valence-corrected chi connectivity index (χ2v) is 4.80. The van der Waals surface area contributed by atoms with Crippen LogP contribution in [0.5, 0.6) is 5.75 Å². The van der Waals surface area contributed by atoms with Gasteiger partial charge in [-0.15, -0.1) is 0 Å². The summed E-state index contributed by atoms with van der Waals surface area (Å²) >= 11 is 3.42. The Morgan fingerprint density at radius 2 is 2.25 bits per heavy atom. The highest BCUT2D eigenvalue weighted by Crippen LogP contribution is 2.51. The van der Waals surface area contributed by atoms with Crippen LogP contribution in [0.4, 0.5) is 0 Å². The van der Waals surface area contributed by atoms with Gasteiger partial charge in [-0.3, -0.25) is 0 Å². The SMILES string of the molecule is COCOc1ccc(Br)cc1C1(C#N)CC1. The van der Waals surface area contributed by atoms with Crippen molar-refractivity contribution in [1.82, 2.24) is 0 Å². The van der Waals surface area contributed by atoms with E-state index >= 15 is 0 Å². The number of hydrogen-bond acceptors (Lipinski definition) is 3. The third-order valence-electron chi connectivity index (χ3n) is 2.75. The second-order valence-electron chi connectivity index (χ2n) is 3.89. The molecule has 1 fully saturated rings. The quantitative estimate of drug-likeness (QED) is 0.797. The van der Waals surface area contributed by atoms with E-state index in [1.54, 1.807) is 7.11 Å². The Balaban J connectivity index is 2.34. The molecule has 3 nitrogen and oxygen atoms in total. The Hall–Kier alpha value is -1.05. The standard InChI is InChI=1S/C12H12BrNO2/c1-15-8-16-11-3-2-9(13)6-10(11)12(7-14)4-5-12/h2-3,6H,4-5,8H2,1H3. The van der Waals surface area contributed by atoms with E-state index in [4.69, 9.17) is 9.47 Å². The monoisotopic (exact) mass is 281 g/mol. The number of methoxy groups -OCH3 is 1. The molecule has 1 aliphatic carbocycles. The van der Waals surface area contributed by atoms with Crippen LogP contribution in [0.1, 0.15) is 18.4 Å². The van der Waals surface area contributed by atoms with Crippen LogP contribution in [-0.4, -0.2) is 13.9 Å². The van der Waals surface area contributed by atoms with Crippen LogP contribution in [0, 0.1) is 11.3 Å². The fourth-order valence-electron chi connectivity index (χ4n) is 1.69. The lowest BCUT2D eigenvalue weighted by atomic mass is 9.97. The minimum atomic E-state index is -0.340. The van der Waals surface area contributed by atoms with Gasteiger partial charge in [0.05, 0.1) is 11.5 Å². The lowest BCUT2D eigenvalue weighted by Crippen LogP contribution is -2.08. The highest BCUT2D eigenvalue weighted by molar-refractivity contribution is 9.10. The molecule has 1 saturated carbocycles. The summed E-state index contributed by atoms with van der Waals surface area (Å²) in [5.74, 6) is 0.740. The first-order chi connectivity index (χ1) is 7.72. The molecule has 0 heterocycles. The number of rotatable bonds is 4. The van der Waals surface area contributed by atoms with Gasteiger partial charge in [-0.05, 0) is 31.0 Å². The molecule has 0 N–H and O–H groups in total. The third-order valence-corrected chi connectivity index (χ3v) is 3.25. The highest BCUT2D eigenvalue weighted by atomic mass is 79.9. The van der Waals surface area contributed by atoms with E-state index in [2.05, 4.69) is 22.0 Å². The van der Waals surface area contributed by atoms with Crippen LogP contribution in [-0.2, 0) is 10.2 Å². The number of ether oxygens (including phenoxy) is 2. The Kier molecular flexibility index (Phi) is 3.17. The van der Waals surface area contributed by atoms with Crippen molar-refractivity contribution in [2.24, 2.45) is 0 Å². The molecule has 0 bridgehead atoms. The zero-order valence-corrected chi connectivity index (χ0v) is 10.6. The summed E-state index contributed by atoms with van der Waals surface area (Å²) in [4.78, 5) is 0. The molecule has 0 unspecified atom stereocenters. The Labute approximate surface area is 103 Å². The maximum atomic E-state index is 9.20. The van der Waals surface area contributed by atoms with Crippen molar-refractivity contribution in [3.63, 3.8) is 0 Å². The summed E-state index contributed by atoms with van der Waals surface area (Å²) in [5, 5.41) is 9.20. The lowest BCUT2D eigenvalue weighted by Gasteiger charge is -2.14. The van der Waals surface area contributed by atoms with Crippen LogP contribution < -0.4 is 4.74 Å². The van der Waals surface area contributed by atoms with E-state index in [0.29, 0.717) is 0 Å². The predicted molar refractivity (Wildman–Crippen MR) is 63.2 cm³/mol. The average Bonchev–Trinajstić information content (AvgIpc) is 3.08. The molecule has 84 valence electrons. The molecular formula is C12H12BrNO2. The summed E-state index contributed by atoms with van der Waals surface area (Å²) in [6.45, 7) is 0.205. The van der Waals surface area contributed by atoms with E-state index in [0.717, 1.165) is 28.6 Å². The van der Waals surface area contributed by atoms with Gasteiger partial charge >= 0.3 is 0 Å². The van der Waals surface area contributed by atoms with Gasteiger partial charge in [0, 0.05) is 17.1 Å². The van der Waals surface area contributed by atoms with Gasteiger partial charge in [-0.25, -0.2) is 0 Å². The molecule has 0 saturated heterocycles. The van der Waals surface area contributed by atoms with Gasteiger partial charge in [0.2, 0.25) is 0 Å². The molecule has 16 heavy (non-hydrogen) atoms. The zero-order chi connectivity index (χ0) is 11.6. The van der Waals surface area contributed by atoms with Crippen molar-refractivity contribution < 1.29 is 9.47 Å². The first-order valence-electron chi connectivity index (χ1n) is 5.05. The molecule has 2 rings (SSSR count). The minimum absolute atomic E-state index is 0.205. The number of benzene rings is 1. The smallest absolute Gasteiger partial charge is 0.188 e. The molecule has 0 amide bonds. The summed E-state index contributed by atoms with van der Waals surface area (Å²) in [7, 11) is 1.58. The summed E-state index contributed by atoms with van der Waals surface area (Å²) in [6, 6.07) is 8.11. The predicted octanol–water partition coefficient (Wildman–Crippen LogP) is 2.99. The van der Waals surface area contributed by atoms with Crippen molar-refractivity contribution in [1.29, 1.82) is 5.26 Å². The fourth-order valence-corrected chi connectivity index (χ4v) is 2.05. The molecule has 1 aliphatic rings. The van der Waals surface area contributed by atoms with Crippen LogP contribution >= 0.6 is 15.9 Å². The Morgan fingerprint density at radius 1 is 1.50 bits per heavy atom. The normalized spacial score (nSPS) is 16.6. The first-order valence-corrected chi connectivity index (χ1v) is 5.84. The summed E-state index contributed by atoms with van der Waals surface area (Å²) in [5.41, 5.74) is 0.619. The lowest BCUT2D eigenvalue weighted by molar-refractivity contribution is 0.0502. The van der Waals surface area contributed by atoms with Crippen LogP contribution in [0.25, 0.3) is 0 Å². The van der Waals surface area contributed by atoms with Gasteiger partial charge in [0.25, 0.3) is 0 Å². The molecule has 1 aromatic carbocycles. The van der Waals surface area contributed by atoms with Crippen molar-refractivity contribution in [2.75, 3.05) is 13.9 Å². The van der Waals surface area contributed by atoms with Gasteiger partial charge < -0.3 is 9.47 Å². The van der Waals surface area contributed by atoms with Crippen LogP contribution in [0.3, 0.4) is 0 Å². The molecular weight excluding hydrogens is 270 g/mol. The molecule has 0 aliphatic heterocycles. The maximum absolute atomic E-state index is 9.20. The Bertz CT molecular complexity index is 435. The van der Waals surface area contributed by atoms with E-state index in [1.807, 2.05) is 18.2 Å². The maximum Gasteiger partial charge on any atom is 0.188 e. The summed E-state index contributed by atoms with van der Waals surface area (Å²) in [6.07, 6.45) is 1.81. The van der Waals surface area contributed by atoms with Gasteiger partial charge in [0.15, 0.2) is 6.79 Å². The molecule has 0 radical (unpaired) electrons. The number of nitrogens with zero attached hydrogens (tertiary/aromatic N) is 1. The van der Waals surface area contributed by atoms with Crippen LogP contribution in [0.15, 0.2) is 22.7 Å². The topological polar surface area (TPSA) is 42.2 Å². The van der Waals surface area contributed by atoms with E-state index < -0.39 is 0 Å². The fraction of sp³-hybridized carbons (Fsp3) is 0.417. The second kappa shape index (κ2) is 4.44. The minimum Gasteiger partial charge on any atom is -0.467 e. The van der Waals surface area contributed by atoms with Gasteiger partial charge in [0.1, 0.15) is 5.75 Å². The van der Waals surface area contributed by atoms with Crippen molar-refractivity contribution >= 4 is 15.9 Å². The number of nitriles is 1. The molecule has 1 aromatic rings. The van der Waals surface area contributed by atoms with Gasteiger partial charge in [-0.1, -0.05) is 15.9 Å². The summed E-state index contributed by atoms with van der Waals surface area (Å²) < 4.78 is 11.3. The highest BCUT2D eigenvalue weighted by Gasteiger charge is 2.47. The van der Waals surface area contributed by atoms with E-state index in [9.17, 15) is 5.26 Å². The van der Waals surface area contributed by atoms with Crippen molar-refractivity contribution in [3.05, 3.63) is 28.2 Å². The number of halogens is 1. The van der Waals surface area contributed by atoms with Crippen molar-refractivity contribution in [2.45, 2.75) is 18.3 Å². The largest absolute Gasteiger partial charge is 0.467 e. The first kappa shape index (κ1) is 11.4. The van der Waals surface area contributed by atoms with Crippen molar-refractivity contribution in [3.8, 4) is 11.8 Å². The van der Waals surface area contributed by atoms with E-state index in [1.165, 1.54) is 0 Å². The van der Waals surface area contributed by atoms with Gasteiger partial charge in [-0.2, -0.15) is 5.26 Å². The molecule has 0 spiro atoms. The third kappa shape index (κ3) is 2.06. The average molecular weight is 282 g/mol. The molecule has 0 aromatic heterocycles. The molecule has 0 atom stereocenters.